The van der Waals surface area contributed by atoms with Crippen molar-refractivity contribution in [2.24, 2.45) is 0 Å². The zero-order chi connectivity index (χ0) is 11.5. The van der Waals surface area contributed by atoms with Crippen molar-refractivity contribution in [3.63, 3.8) is 0 Å². The molecule has 0 aromatic heterocycles. The predicted molar refractivity (Wildman–Crippen MR) is 39.8 cm³/mol. The Balaban J connectivity index is 0. The van der Waals surface area contributed by atoms with Gasteiger partial charge in [-0.05, 0) is 0 Å². The van der Waals surface area contributed by atoms with Crippen molar-refractivity contribution in [1.82, 2.24) is 0 Å². The van der Waals surface area contributed by atoms with Gasteiger partial charge < -0.3 is 40.2 Å². The van der Waals surface area contributed by atoms with Crippen LogP contribution in [0.5, 0.6) is 0 Å². The Morgan fingerprint density at radius 2 is 1.00 bits per heavy atom. The summed E-state index contributed by atoms with van der Waals surface area (Å²) >= 11 is 0. The van der Waals surface area contributed by atoms with Crippen LogP contribution in [0, 0.1) is 0 Å². The van der Waals surface area contributed by atoms with Crippen molar-refractivity contribution in [2.75, 3.05) is 0 Å². The van der Waals surface area contributed by atoms with E-state index < -0.39 is 36.4 Å². The van der Waals surface area contributed by atoms with Crippen LogP contribution in [0.25, 0.3) is 0 Å². The molecule has 15 heavy (non-hydrogen) atoms. The number of aliphatic hydroxyl groups is 4. The van der Waals surface area contributed by atoms with E-state index in [1.54, 1.807) is 0 Å². The molecule has 0 amide bonds. The minimum atomic E-state index is -2.50. The quantitative estimate of drug-likeness (QED) is 0.340. The van der Waals surface area contributed by atoms with E-state index in [4.69, 9.17) is 20.4 Å². The molecule has 8 nitrogen and oxygen atoms in total. The molecule has 0 aromatic rings. The maximum atomic E-state index is 9.96. The van der Waals surface area contributed by atoms with E-state index in [2.05, 4.69) is 0 Å². The predicted octanol–water partition coefficient (Wildman–Crippen LogP) is -6.45. The summed E-state index contributed by atoms with van der Waals surface area (Å²) in [5.74, 6) is -4.22. The van der Waals surface area contributed by atoms with E-state index in [0.29, 0.717) is 0 Å². The number of aliphatic hydroxyl groups excluding tert-OH is 4. The van der Waals surface area contributed by atoms with Gasteiger partial charge in [-0.3, -0.25) is 0 Å². The van der Waals surface area contributed by atoms with Crippen LogP contribution in [0.4, 0.5) is 0 Å². The number of carbonyl (C=O) groups is 2. The molecule has 0 spiro atoms. The van der Waals surface area contributed by atoms with Crippen molar-refractivity contribution in [3.8, 4) is 0 Å². The van der Waals surface area contributed by atoms with Crippen LogP contribution < -0.4 is 10.2 Å². The number of hydrogen-bond acceptors (Lipinski definition) is 8. The first-order valence-corrected chi connectivity index (χ1v) is 3.43. The second-order valence-corrected chi connectivity index (χ2v) is 2.51. The SMILES string of the molecule is O=C([O-])[C@H](O)[C@H](O)[C@H](O)[C@@H](O)C(=O)[O-].[Mg+2]. The number of hydrogen-bond donors (Lipinski definition) is 4. The summed E-state index contributed by atoms with van der Waals surface area (Å²) in [6, 6.07) is 0. The first kappa shape index (κ1) is 17.0. The van der Waals surface area contributed by atoms with Gasteiger partial charge in [-0.1, -0.05) is 0 Å². The molecule has 0 aromatic carbocycles. The van der Waals surface area contributed by atoms with Gasteiger partial charge in [0.15, 0.2) is 0 Å². The Morgan fingerprint density at radius 3 is 1.13 bits per heavy atom. The molecule has 0 aliphatic rings. The Bertz CT molecular complexity index is 207. The molecule has 9 heteroatoms. The van der Waals surface area contributed by atoms with Crippen LogP contribution >= 0.6 is 0 Å². The summed E-state index contributed by atoms with van der Waals surface area (Å²) in [5, 5.41) is 54.7. The summed E-state index contributed by atoms with van der Waals surface area (Å²) in [7, 11) is 0. The average molecular weight is 232 g/mol. The van der Waals surface area contributed by atoms with Gasteiger partial charge in [-0.25, -0.2) is 0 Å². The average Bonchev–Trinajstić information content (AvgIpc) is 2.12. The molecule has 4 atom stereocenters. The minimum Gasteiger partial charge on any atom is -0.547 e. The number of carboxylic acid groups (broad SMARTS) is 2. The summed E-state index contributed by atoms with van der Waals surface area (Å²) < 4.78 is 0. The molecule has 0 unspecified atom stereocenters. The summed E-state index contributed by atoms with van der Waals surface area (Å²) in [6.45, 7) is 0. The third-order valence-electron chi connectivity index (χ3n) is 1.48. The van der Waals surface area contributed by atoms with E-state index >= 15 is 0 Å². The Morgan fingerprint density at radius 1 is 0.800 bits per heavy atom. The molecule has 0 aliphatic carbocycles. The van der Waals surface area contributed by atoms with Crippen LogP contribution in [-0.2, 0) is 9.59 Å². The van der Waals surface area contributed by atoms with E-state index in [-0.39, 0.29) is 23.1 Å². The van der Waals surface area contributed by atoms with Crippen molar-refractivity contribution in [2.45, 2.75) is 24.4 Å². The smallest absolute Gasteiger partial charge is 0.547 e. The Labute approximate surface area is 99.9 Å². The molecule has 0 saturated heterocycles. The molecule has 0 bridgehead atoms. The van der Waals surface area contributed by atoms with Gasteiger partial charge in [0.25, 0.3) is 0 Å². The molecule has 0 rings (SSSR count). The molecular weight excluding hydrogens is 224 g/mol. The van der Waals surface area contributed by atoms with Crippen molar-refractivity contribution in [1.29, 1.82) is 0 Å². The number of aliphatic carboxylic acids is 2. The van der Waals surface area contributed by atoms with E-state index in [1.165, 1.54) is 0 Å². The van der Waals surface area contributed by atoms with Crippen LogP contribution in [0.2, 0.25) is 0 Å². The molecule has 0 saturated carbocycles. The van der Waals surface area contributed by atoms with Crippen molar-refractivity contribution < 1.29 is 40.2 Å². The van der Waals surface area contributed by atoms with Crippen LogP contribution in [-0.4, -0.2) is 79.8 Å². The maximum absolute atomic E-state index is 9.96. The molecule has 4 N–H and O–H groups in total. The summed E-state index contributed by atoms with van der Waals surface area (Å²) in [6.07, 6.45) is -9.76. The van der Waals surface area contributed by atoms with Crippen molar-refractivity contribution in [3.05, 3.63) is 0 Å². The van der Waals surface area contributed by atoms with E-state index in [0.717, 1.165) is 0 Å². The number of carbonyl (C=O) groups excluding carboxylic acids is 2. The fourth-order valence-electron chi connectivity index (χ4n) is 0.652. The first-order chi connectivity index (χ1) is 6.29. The van der Waals surface area contributed by atoms with Crippen molar-refractivity contribution >= 4 is 35.0 Å². The maximum Gasteiger partial charge on any atom is 2.00 e. The van der Waals surface area contributed by atoms with Gasteiger partial charge in [0.05, 0.1) is 11.9 Å². The second-order valence-electron chi connectivity index (χ2n) is 2.51. The van der Waals surface area contributed by atoms with Crippen LogP contribution in [0.15, 0.2) is 0 Å². The molecule has 0 aliphatic heterocycles. The first-order valence-electron chi connectivity index (χ1n) is 3.43. The Kier molecular flexibility index (Phi) is 7.83. The zero-order valence-corrected chi connectivity index (χ0v) is 8.85. The molecule has 82 valence electrons. The van der Waals surface area contributed by atoms with E-state index in [9.17, 15) is 19.8 Å². The summed E-state index contributed by atoms with van der Waals surface area (Å²) in [5.41, 5.74) is 0. The molecule has 0 heterocycles. The van der Waals surface area contributed by atoms with Crippen LogP contribution in [0.3, 0.4) is 0 Å². The standard InChI is InChI=1S/C6H10O8.Mg/c7-1(3(9)5(11)12)2(8)4(10)6(13)14;/h1-4,7-10H,(H,11,12)(H,13,14);/q;+2/p-2/t1-,2+,3-,4-;/m1./s1. The molecule has 0 radical (unpaired) electrons. The van der Waals surface area contributed by atoms with E-state index in [1.807, 2.05) is 0 Å². The fourth-order valence-corrected chi connectivity index (χ4v) is 0.652. The minimum absolute atomic E-state index is 0. The third-order valence-corrected chi connectivity index (χ3v) is 1.48. The Hall–Kier alpha value is -0.454. The van der Waals surface area contributed by atoms with Gasteiger partial charge in [0.1, 0.15) is 24.4 Å². The normalized spacial score (nSPS) is 18.1. The second kappa shape index (κ2) is 6.93. The van der Waals surface area contributed by atoms with Gasteiger partial charge in [-0.2, -0.15) is 0 Å². The largest absolute Gasteiger partial charge is 2.00 e. The van der Waals surface area contributed by atoms with Gasteiger partial charge in [0, 0.05) is 0 Å². The molecule has 0 fully saturated rings. The number of carboxylic acids is 2. The monoisotopic (exact) mass is 232 g/mol. The number of rotatable bonds is 5. The zero-order valence-electron chi connectivity index (χ0n) is 7.44. The summed E-state index contributed by atoms with van der Waals surface area (Å²) in [4.78, 5) is 19.9. The third kappa shape index (κ3) is 4.73. The topological polar surface area (TPSA) is 161 Å². The van der Waals surface area contributed by atoms with Crippen LogP contribution in [0.1, 0.15) is 0 Å². The van der Waals surface area contributed by atoms with Gasteiger partial charge >= 0.3 is 23.1 Å². The van der Waals surface area contributed by atoms with Gasteiger partial charge in [0.2, 0.25) is 0 Å². The fraction of sp³-hybridized carbons (Fsp3) is 0.667. The van der Waals surface area contributed by atoms with Gasteiger partial charge in [-0.15, -0.1) is 0 Å². The molecular formula is C6H8MgO8.